The maximum atomic E-state index is 11.8. The Morgan fingerprint density at radius 3 is 2.80 bits per heavy atom. The Hall–Kier alpha value is -1.00. The van der Waals surface area contributed by atoms with E-state index < -0.39 is 5.60 Å². The van der Waals surface area contributed by atoms with Crippen LogP contribution in [0.3, 0.4) is 0 Å². The first kappa shape index (κ1) is 10.5. The molecule has 0 saturated heterocycles. The molecule has 0 N–H and O–H groups in total. The van der Waals surface area contributed by atoms with Crippen molar-refractivity contribution < 1.29 is 14.3 Å². The van der Waals surface area contributed by atoms with Crippen LogP contribution >= 0.6 is 11.8 Å². The van der Waals surface area contributed by atoms with Crippen LogP contribution < -0.4 is 0 Å². The number of methoxy groups -OCH3 is 2. The van der Waals surface area contributed by atoms with Crippen molar-refractivity contribution in [2.75, 3.05) is 20.0 Å². The van der Waals surface area contributed by atoms with E-state index >= 15 is 0 Å². The zero-order chi connectivity index (χ0) is 10.9. The molecule has 0 aromatic heterocycles. The van der Waals surface area contributed by atoms with E-state index in [0.717, 1.165) is 10.5 Å². The number of thioether (sulfide) groups is 1. The summed E-state index contributed by atoms with van der Waals surface area (Å²) in [5.41, 5.74) is -0.0138. The van der Waals surface area contributed by atoms with E-state index in [1.54, 1.807) is 18.9 Å². The molecule has 4 heteroatoms. The lowest BCUT2D eigenvalue weighted by Crippen LogP contribution is -2.39. The number of carbonyl (C=O) groups excluding carboxylic acids is 1. The largest absolute Gasteiger partial charge is 0.467 e. The standard InChI is InChI=1S/C11H12O3S/c1-13-10(12)11(14-2)7-15-9-6-4-3-5-8(9)11/h3-6H,7H2,1-2H3/t11-/m0/s1. The lowest BCUT2D eigenvalue weighted by Gasteiger charge is -2.24. The lowest BCUT2D eigenvalue weighted by molar-refractivity contribution is -0.164. The van der Waals surface area contributed by atoms with Gasteiger partial charge in [0, 0.05) is 23.3 Å². The molecule has 1 aliphatic rings. The van der Waals surface area contributed by atoms with Crippen LogP contribution in [0.5, 0.6) is 0 Å². The van der Waals surface area contributed by atoms with Gasteiger partial charge in [0.1, 0.15) is 0 Å². The predicted octanol–water partition coefficient (Wildman–Crippen LogP) is 1.81. The highest BCUT2D eigenvalue weighted by Gasteiger charge is 2.47. The molecule has 0 aliphatic carbocycles. The summed E-state index contributed by atoms with van der Waals surface area (Å²) in [5, 5.41) is 0. The van der Waals surface area contributed by atoms with Crippen LogP contribution in [0.2, 0.25) is 0 Å². The van der Waals surface area contributed by atoms with E-state index in [1.807, 2.05) is 24.3 Å². The third-order valence-corrected chi connectivity index (χ3v) is 3.83. The van der Waals surface area contributed by atoms with E-state index in [0.29, 0.717) is 5.75 Å². The number of hydrogen-bond acceptors (Lipinski definition) is 4. The molecular formula is C11H12O3S. The fraction of sp³-hybridized carbons (Fsp3) is 0.364. The Morgan fingerprint density at radius 2 is 2.13 bits per heavy atom. The molecule has 0 fully saturated rings. The Morgan fingerprint density at radius 1 is 1.40 bits per heavy atom. The molecule has 0 unspecified atom stereocenters. The van der Waals surface area contributed by atoms with Crippen LogP contribution in [0.4, 0.5) is 0 Å². The molecule has 0 amide bonds. The molecule has 0 saturated carbocycles. The second-order valence-electron chi connectivity index (χ2n) is 3.31. The number of hydrogen-bond donors (Lipinski definition) is 0. The topological polar surface area (TPSA) is 35.5 Å². The molecule has 1 aromatic rings. The number of rotatable bonds is 2. The minimum atomic E-state index is -0.921. The van der Waals surface area contributed by atoms with Gasteiger partial charge in [-0.05, 0) is 6.07 Å². The molecule has 1 aromatic carbocycles. The first-order valence-corrected chi connectivity index (χ1v) is 5.59. The number of ether oxygens (including phenoxy) is 2. The first-order valence-electron chi connectivity index (χ1n) is 4.60. The molecule has 0 spiro atoms. The molecule has 0 bridgehead atoms. The zero-order valence-corrected chi connectivity index (χ0v) is 9.47. The average molecular weight is 224 g/mol. The fourth-order valence-electron chi connectivity index (χ4n) is 1.77. The third kappa shape index (κ3) is 1.44. The summed E-state index contributed by atoms with van der Waals surface area (Å²) in [6.45, 7) is 0. The SMILES string of the molecule is COC(=O)[C@]1(OC)CSc2ccccc21. The molecule has 15 heavy (non-hydrogen) atoms. The van der Waals surface area contributed by atoms with E-state index in [-0.39, 0.29) is 5.97 Å². The van der Waals surface area contributed by atoms with Gasteiger partial charge in [-0.2, -0.15) is 0 Å². The van der Waals surface area contributed by atoms with Crippen molar-refractivity contribution >= 4 is 17.7 Å². The van der Waals surface area contributed by atoms with Crippen LogP contribution in [-0.2, 0) is 19.9 Å². The summed E-state index contributed by atoms with van der Waals surface area (Å²) in [7, 11) is 2.92. The van der Waals surface area contributed by atoms with Gasteiger partial charge in [-0.1, -0.05) is 18.2 Å². The highest BCUT2D eigenvalue weighted by molar-refractivity contribution is 7.99. The monoisotopic (exact) mass is 224 g/mol. The fourth-order valence-corrected chi connectivity index (χ4v) is 3.08. The predicted molar refractivity (Wildman–Crippen MR) is 57.9 cm³/mol. The normalized spacial score (nSPS) is 23.6. The Kier molecular flexibility index (Phi) is 2.71. The number of carbonyl (C=O) groups is 1. The van der Waals surface area contributed by atoms with Gasteiger partial charge in [0.15, 0.2) is 5.60 Å². The molecule has 1 heterocycles. The van der Waals surface area contributed by atoms with E-state index in [4.69, 9.17) is 9.47 Å². The van der Waals surface area contributed by atoms with E-state index in [2.05, 4.69) is 0 Å². The smallest absolute Gasteiger partial charge is 0.343 e. The highest BCUT2D eigenvalue weighted by Crippen LogP contribution is 2.44. The minimum absolute atomic E-state index is 0.331. The van der Waals surface area contributed by atoms with Crippen molar-refractivity contribution in [3.05, 3.63) is 29.8 Å². The summed E-state index contributed by atoms with van der Waals surface area (Å²) in [6.07, 6.45) is 0. The Balaban J connectivity index is 2.50. The molecule has 0 radical (unpaired) electrons. The van der Waals surface area contributed by atoms with Crippen LogP contribution in [0.1, 0.15) is 5.56 Å². The summed E-state index contributed by atoms with van der Waals surface area (Å²) < 4.78 is 10.2. The maximum absolute atomic E-state index is 11.8. The van der Waals surface area contributed by atoms with Gasteiger partial charge >= 0.3 is 5.97 Å². The number of benzene rings is 1. The molecule has 2 rings (SSSR count). The van der Waals surface area contributed by atoms with Crippen LogP contribution in [0.25, 0.3) is 0 Å². The second-order valence-corrected chi connectivity index (χ2v) is 4.32. The molecular weight excluding hydrogens is 212 g/mol. The summed E-state index contributed by atoms with van der Waals surface area (Å²) in [6, 6.07) is 7.76. The van der Waals surface area contributed by atoms with Gasteiger partial charge in [0.05, 0.1) is 7.11 Å². The zero-order valence-electron chi connectivity index (χ0n) is 8.65. The molecule has 3 nitrogen and oxygen atoms in total. The van der Waals surface area contributed by atoms with E-state index in [9.17, 15) is 4.79 Å². The van der Waals surface area contributed by atoms with Crippen molar-refractivity contribution in [1.82, 2.24) is 0 Å². The summed E-state index contributed by atoms with van der Waals surface area (Å²) in [4.78, 5) is 12.9. The van der Waals surface area contributed by atoms with Gasteiger partial charge in [-0.25, -0.2) is 4.79 Å². The van der Waals surface area contributed by atoms with Gasteiger partial charge in [-0.15, -0.1) is 11.8 Å². The molecule has 1 aliphatic heterocycles. The van der Waals surface area contributed by atoms with Crippen molar-refractivity contribution in [3.8, 4) is 0 Å². The molecule has 1 atom stereocenters. The quantitative estimate of drug-likeness (QED) is 0.718. The minimum Gasteiger partial charge on any atom is -0.467 e. The lowest BCUT2D eigenvalue weighted by atomic mass is 9.96. The van der Waals surface area contributed by atoms with Crippen molar-refractivity contribution in [1.29, 1.82) is 0 Å². The third-order valence-electron chi connectivity index (χ3n) is 2.62. The highest BCUT2D eigenvalue weighted by atomic mass is 32.2. The second kappa shape index (κ2) is 3.87. The average Bonchev–Trinajstić information content (AvgIpc) is 2.68. The van der Waals surface area contributed by atoms with Gasteiger partial charge < -0.3 is 9.47 Å². The summed E-state index contributed by atoms with van der Waals surface area (Å²) in [5.74, 6) is 0.248. The van der Waals surface area contributed by atoms with E-state index in [1.165, 1.54) is 7.11 Å². The van der Waals surface area contributed by atoms with Crippen molar-refractivity contribution in [2.45, 2.75) is 10.5 Å². The van der Waals surface area contributed by atoms with Gasteiger partial charge in [0.2, 0.25) is 0 Å². The van der Waals surface area contributed by atoms with Crippen LogP contribution in [0, 0.1) is 0 Å². The van der Waals surface area contributed by atoms with Gasteiger partial charge in [0.25, 0.3) is 0 Å². The molecule has 80 valence electrons. The van der Waals surface area contributed by atoms with Gasteiger partial charge in [-0.3, -0.25) is 0 Å². The van der Waals surface area contributed by atoms with Crippen molar-refractivity contribution in [2.24, 2.45) is 0 Å². The Bertz CT molecular complexity index is 391. The summed E-state index contributed by atoms with van der Waals surface area (Å²) >= 11 is 1.62. The van der Waals surface area contributed by atoms with Crippen LogP contribution in [0.15, 0.2) is 29.2 Å². The Labute approximate surface area is 92.8 Å². The first-order chi connectivity index (χ1) is 7.24. The van der Waals surface area contributed by atoms with Crippen molar-refractivity contribution in [3.63, 3.8) is 0 Å². The maximum Gasteiger partial charge on any atom is 0.343 e. The van der Waals surface area contributed by atoms with Crippen LogP contribution in [-0.4, -0.2) is 25.9 Å². The number of fused-ring (bicyclic) bond motifs is 1. The number of esters is 1.